The van der Waals surface area contributed by atoms with E-state index in [0.717, 1.165) is 42.7 Å². The molecule has 0 saturated heterocycles. The molecule has 52 heavy (non-hydrogen) atoms. The summed E-state index contributed by atoms with van der Waals surface area (Å²) in [7, 11) is 0. The van der Waals surface area contributed by atoms with Crippen molar-refractivity contribution in [1.82, 2.24) is 40.5 Å². The van der Waals surface area contributed by atoms with Gasteiger partial charge in [-0.1, -0.05) is 43.6 Å². The quantitative estimate of drug-likeness (QED) is 0.0629. The number of nitrogens with one attached hydrogen (secondary N) is 4. The molecular formula is C35H40ClF4N9O3. The molecule has 0 bridgehead atoms. The fourth-order valence-corrected chi connectivity index (χ4v) is 5.38. The minimum absolute atomic E-state index is 0.137. The van der Waals surface area contributed by atoms with Gasteiger partial charge in [0.2, 0.25) is 0 Å². The molecule has 4 N–H and O–H groups in total. The maximum absolute atomic E-state index is 14.5. The lowest BCUT2D eigenvalue weighted by atomic mass is 9.88. The second-order valence-corrected chi connectivity index (χ2v) is 14.3. The number of hydrogen-bond donors (Lipinski definition) is 4. The Labute approximate surface area is 302 Å². The highest BCUT2D eigenvalue weighted by molar-refractivity contribution is 6.33. The van der Waals surface area contributed by atoms with Gasteiger partial charge in [0.25, 0.3) is 5.91 Å². The number of halogens is 5. The Bertz CT molecular complexity index is 1870. The monoisotopic (exact) mass is 745 g/mol. The Morgan fingerprint density at radius 1 is 1.12 bits per heavy atom. The van der Waals surface area contributed by atoms with Crippen molar-refractivity contribution >= 4 is 29.6 Å². The van der Waals surface area contributed by atoms with Gasteiger partial charge in [-0.05, 0) is 68.5 Å². The lowest BCUT2D eigenvalue weighted by Gasteiger charge is -2.34. The largest absolute Gasteiger partial charge is 0.447 e. The van der Waals surface area contributed by atoms with Crippen molar-refractivity contribution < 1.29 is 31.9 Å². The third kappa shape index (κ3) is 9.08. The number of carbonyl (C=O) groups excluding carboxylic acids is 2. The molecule has 1 atom stereocenters. The van der Waals surface area contributed by atoms with Crippen molar-refractivity contribution in [3.8, 4) is 22.5 Å². The predicted molar refractivity (Wildman–Crippen MR) is 186 cm³/mol. The van der Waals surface area contributed by atoms with Crippen molar-refractivity contribution in [2.75, 3.05) is 19.8 Å². The first-order valence-corrected chi connectivity index (χ1v) is 16.9. The van der Waals surface area contributed by atoms with Crippen LogP contribution in [0.3, 0.4) is 0 Å². The van der Waals surface area contributed by atoms with Gasteiger partial charge in [-0.2, -0.15) is 23.4 Å². The maximum Gasteiger partial charge on any atom is 0.407 e. The number of aromatic amines is 1. The van der Waals surface area contributed by atoms with E-state index in [1.54, 1.807) is 42.6 Å². The zero-order chi connectivity index (χ0) is 37.8. The van der Waals surface area contributed by atoms with E-state index in [1.807, 2.05) is 10.9 Å². The number of amides is 2. The van der Waals surface area contributed by atoms with E-state index in [4.69, 9.17) is 21.7 Å². The second-order valence-electron chi connectivity index (χ2n) is 13.9. The molecule has 17 heteroatoms. The molecule has 1 aliphatic carbocycles. The molecule has 2 aromatic heterocycles. The van der Waals surface area contributed by atoms with Crippen LogP contribution in [0.2, 0.25) is 5.02 Å². The number of carbonyl (C=O) groups is 2. The van der Waals surface area contributed by atoms with E-state index in [9.17, 15) is 27.2 Å². The summed E-state index contributed by atoms with van der Waals surface area (Å²) < 4.78 is 62.0. The van der Waals surface area contributed by atoms with Crippen LogP contribution in [0.25, 0.3) is 22.5 Å². The summed E-state index contributed by atoms with van der Waals surface area (Å²) in [6.07, 6.45) is 1.14. The molecule has 278 valence electrons. The highest BCUT2D eigenvalue weighted by Gasteiger charge is 2.46. The van der Waals surface area contributed by atoms with Gasteiger partial charge in [0, 0.05) is 29.4 Å². The Morgan fingerprint density at radius 2 is 1.83 bits per heavy atom. The third-order valence-corrected chi connectivity index (χ3v) is 9.09. The van der Waals surface area contributed by atoms with E-state index >= 15 is 0 Å². The normalized spacial score (nSPS) is 14.1. The zero-order valence-electron chi connectivity index (χ0n) is 29.0. The first kappa shape index (κ1) is 38.2. The van der Waals surface area contributed by atoms with Crippen LogP contribution < -0.4 is 10.6 Å². The standard InChI is InChI=1S/C35H40ClF4N9O3/c1-33(2,35(38,39)40)13-14-42-31(41)49(30(50)22-7-5-21(6-8-22)24-16-45-48(17-24)25-10-11-25)28(18-52-32(51)46-34(3,4)19-37)23-9-12-27(36)26(15-23)29-43-20-44-47-29/h5-9,12,15-17,20,25,28H,10-11,13-14,18-19H2,1-4H3,(H2,41,42)(H,46,51)(H,43,44,47)/t28-/m1/s1. The van der Waals surface area contributed by atoms with Crippen LogP contribution >= 0.6 is 11.6 Å². The second kappa shape index (κ2) is 15.3. The molecule has 12 nitrogen and oxygen atoms in total. The molecule has 0 radical (unpaired) electrons. The van der Waals surface area contributed by atoms with Crippen LogP contribution in [0, 0.1) is 10.8 Å². The molecule has 2 aromatic carbocycles. The van der Waals surface area contributed by atoms with Crippen LogP contribution in [0.1, 0.15) is 75.0 Å². The maximum atomic E-state index is 14.5. The minimum Gasteiger partial charge on any atom is -0.447 e. The molecule has 5 rings (SSSR count). The summed E-state index contributed by atoms with van der Waals surface area (Å²) in [4.78, 5) is 32.5. The molecule has 1 saturated carbocycles. The molecule has 0 spiro atoms. The van der Waals surface area contributed by atoms with Gasteiger partial charge in [-0.3, -0.25) is 24.9 Å². The van der Waals surface area contributed by atoms with Gasteiger partial charge in [0.1, 0.15) is 19.6 Å². The van der Waals surface area contributed by atoms with Crippen molar-refractivity contribution in [2.45, 2.75) is 70.8 Å². The number of hydrogen-bond acceptors (Lipinski definition) is 7. The Balaban J connectivity index is 1.52. The zero-order valence-corrected chi connectivity index (χ0v) is 29.8. The molecule has 4 aromatic rings. The summed E-state index contributed by atoms with van der Waals surface area (Å²) in [5.74, 6) is -0.982. The highest BCUT2D eigenvalue weighted by atomic mass is 35.5. The molecule has 2 heterocycles. The Morgan fingerprint density at radius 3 is 2.44 bits per heavy atom. The van der Waals surface area contributed by atoms with E-state index in [-0.39, 0.29) is 23.0 Å². The van der Waals surface area contributed by atoms with Crippen molar-refractivity contribution in [3.05, 3.63) is 77.3 Å². The van der Waals surface area contributed by atoms with Gasteiger partial charge in [-0.25, -0.2) is 14.2 Å². The number of guanidine groups is 1. The topological polar surface area (TPSA) is 154 Å². The summed E-state index contributed by atoms with van der Waals surface area (Å²) in [6, 6.07) is 10.4. The number of alkyl carbamates (subject to hydrolysis) is 1. The summed E-state index contributed by atoms with van der Waals surface area (Å²) in [5, 5.41) is 25.4. The van der Waals surface area contributed by atoms with Gasteiger partial charge >= 0.3 is 12.3 Å². The highest BCUT2D eigenvalue weighted by Crippen LogP contribution is 2.40. The molecule has 1 aliphatic rings. The van der Waals surface area contributed by atoms with E-state index in [0.29, 0.717) is 17.2 Å². The van der Waals surface area contributed by atoms with Crippen LogP contribution in [-0.4, -0.2) is 79.4 Å². The fourth-order valence-electron chi connectivity index (χ4n) is 5.18. The predicted octanol–water partition coefficient (Wildman–Crippen LogP) is 7.48. The van der Waals surface area contributed by atoms with Gasteiger partial charge in [0.15, 0.2) is 11.8 Å². The van der Waals surface area contributed by atoms with Crippen molar-refractivity contribution in [3.63, 3.8) is 0 Å². The SMILES string of the molecule is CC(C)(CF)NC(=O)OC[C@H](c1ccc(Cl)c(-c2ncn[nH]2)c1)N(C(=N)NCCC(C)(C)C(F)(F)F)C(=O)c1ccc(-c2cnn(C3CC3)c2)cc1. The Hall–Kier alpha value is -4.99. The number of rotatable bonds is 13. The van der Waals surface area contributed by atoms with Crippen LogP contribution in [0.4, 0.5) is 22.4 Å². The van der Waals surface area contributed by atoms with E-state index in [2.05, 4.69) is 30.9 Å². The number of alkyl halides is 4. The lowest BCUT2D eigenvalue weighted by Crippen LogP contribution is -2.50. The number of H-pyrrole nitrogens is 1. The first-order valence-electron chi connectivity index (χ1n) is 16.5. The number of aromatic nitrogens is 5. The minimum atomic E-state index is -4.51. The van der Waals surface area contributed by atoms with Crippen LogP contribution in [0.15, 0.2) is 61.2 Å². The van der Waals surface area contributed by atoms with Gasteiger partial charge in [-0.15, -0.1) is 0 Å². The van der Waals surface area contributed by atoms with Crippen molar-refractivity contribution in [1.29, 1.82) is 5.41 Å². The average Bonchev–Trinajstić information content (AvgIpc) is 3.56. The van der Waals surface area contributed by atoms with Crippen LogP contribution in [0.5, 0.6) is 0 Å². The lowest BCUT2D eigenvalue weighted by molar-refractivity contribution is -0.213. The number of nitrogens with zero attached hydrogens (tertiary/aromatic N) is 5. The van der Waals surface area contributed by atoms with Gasteiger partial charge < -0.3 is 15.4 Å². The van der Waals surface area contributed by atoms with Crippen molar-refractivity contribution in [2.24, 2.45) is 5.41 Å². The first-order chi connectivity index (χ1) is 24.5. The van der Waals surface area contributed by atoms with E-state index in [1.165, 1.54) is 26.2 Å². The number of ether oxygens (including phenoxy) is 1. The molecule has 0 unspecified atom stereocenters. The van der Waals surface area contributed by atoms with E-state index < -0.39 is 60.8 Å². The average molecular weight is 746 g/mol. The third-order valence-electron chi connectivity index (χ3n) is 8.76. The molecular weight excluding hydrogens is 706 g/mol. The van der Waals surface area contributed by atoms with Gasteiger partial charge in [0.05, 0.1) is 34.3 Å². The fraction of sp³-hybridized carbons (Fsp3) is 0.429. The summed E-state index contributed by atoms with van der Waals surface area (Å²) in [6.45, 7) is 3.23. The molecule has 0 aliphatic heterocycles. The molecule has 1 fully saturated rings. The Kier molecular flexibility index (Phi) is 11.3. The molecule has 2 amide bonds. The smallest absolute Gasteiger partial charge is 0.407 e. The van der Waals surface area contributed by atoms with Crippen LogP contribution in [-0.2, 0) is 4.74 Å². The number of benzene rings is 2. The summed E-state index contributed by atoms with van der Waals surface area (Å²) in [5.41, 5.74) is -0.883. The summed E-state index contributed by atoms with van der Waals surface area (Å²) >= 11 is 6.49.